The van der Waals surface area contributed by atoms with Crippen LogP contribution < -0.4 is 15.0 Å². The van der Waals surface area contributed by atoms with Crippen molar-refractivity contribution in [2.45, 2.75) is 50.4 Å². The molecule has 1 saturated carbocycles. The average Bonchev–Trinajstić information content (AvgIpc) is 3.30. The van der Waals surface area contributed by atoms with Gasteiger partial charge in [-0.3, -0.25) is 4.79 Å². The fourth-order valence-corrected chi connectivity index (χ4v) is 5.15. The molecular formula is C27H33ClFN3O3. The second-order valence-corrected chi connectivity index (χ2v) is 10.4. The Morgan fingerprint density at radius 3 is 2.54 bits per heavy atom. The van der Waals surface area contributed by atoms with Crippen LogP contribution in [0.25, 0.3) is 0 Å². The molecule has 8 heteroatoms. The van der Waals surface area contributed by atoms with E-state index in [1.807, 2.05) is 24.3 Å². The van der Waals surface area contributed by atoms with Gasteiger partial charge in [0.25, 0.3) is 0 Å². The van der Waals surface area contributed by atoms with Crippen molar-refractivity contribution in [1.29, 1.82) is 0 Å². The van der Waals surface area contributed by atoms with E-state index in [0.717, 1.165) is 57.4 Å². The summed E-state index contributed by atoms with van der Waals surface area (Å²) < 4.78 is 20.3. The Morgan fingerprint density at radius 2 is 1.86 bits per heavy atom. The molecule has 2 saturated heterocycles. The van der Waals surface area contributed by atoms with Gasteiger partial charge in [0.05, 0.1) is 18.1 Å². The summed E-state index contributed by atoms with van der Waals surface area (Å²) in [6, 6.07) is 11.7. The zero-order valence-electron chi connectivity index (χ0n) is 19.8. The summed E-state index contributed by atoms with van der Waals surface area (Å²) in [5.41, 5.74) is 1.49. The number of carbonyl (C=O) groups excluding carboxylic acids is 1. The van der Waals surface area contributed by atoms with Crippen LogP contribution in [0.4, 0.5) is 10.1 Å². The maximum absolute atomic E-state index is 14.7. The number of anilines is 1. The molecule has 2 aromatic carbocycles. The first-order valence-electron chi connectivity index (χ1n) is 12.6. The molecule has 2 heterocycles. The molecule has 3 fully saturated rings. The zero-order chi connectivity index (χ0) is 24.4. The molecule has 0 bridgehead atoms. The van der Waals surface area contributed by atoms with Crippen molar-refractivity contribution >= 4 is 23.2 Å². The number of hydrogen-bond donors (Lipinski definition) is 2. The molecule has 2 aromatic rings. The van der Waals surface area contributed by atoms with Gasteiger partial charge in [0, 0.05) is 30.3 Å². The lowest BCUT2D eigenvalue weighted by Gasteiger charge is -2.30. The molecule has 0 spiro atoms. The third-order valence-corrected chi connectivity index (χ3v) is 7.48. The molecule has 35 heavy (non-hydrogen) atoms. The van der Waals surface area contributed by atoms with Gasteiger partial charge in [0.2, 0.25) is 5.91 Å². The predicted molar refractivity (Wildman–Crippen MR) is 134 cm³/mol. The lowest BCUT2D eigenvalue weighted by Crippen LogP contribution is -2.48. The second kappa shape index (κ2) is 10.7. The highest BCUT2D eigenvalue weighted by molar-refractivity contribution is 6.30. The second-order valence-electron chi connectivity index (χ2n) is 9.98. The van der Waals surface area contributed by atoms with E-state index in [0.29, 0.717) is 23.7 Å². The summed E-state index contributed by atoms with van der Waals surface area (Å²) in [6.07, 6.45) is 3.94. The summed E-state index contributed by atoms with van der Waals surface area (Å²) in [6.45, 7) is 3.81. The van der Waals surface area contributed by atoms with Crippen LogP contribution in [0.15, 0.2) is 42.5 Å². The zero-order valence-corrected chi connectivity index (χ0v) is 20.6. The number of carbonyl (C=O) groups is 1. The number of benzene rings is 2. The van der Waals surface area contributed by atoms with E-state index in [2.05, 4.69) is 15.1 Å². The lowest BCUT2D eigenvalue weighted by molar-refractivity contribution is -0.126. The minimum atomic E-state index is -1.02. The molecule has 2 N–H and O–H groups in total. The highest BCUT2D eigenvalue weighted by atomic mass is 35.5. The molecule has 5 rings (SSSR count). The highest BCUT2D eigenvalue weighted by Crippen LogP contribution is 2.31. The first kappa shape index (κ1) is 24.3. The topological polar surface area (TPSA) is 65.0 Å². The summed E-state index contributed by atoms with van der Waals surface area (Å²) in [7, 11) is 0. The maximum atomic E-state index is 14.7. The van der Waals surface area contributed by atoms with E-state index < -0.39 is 18.0 Å². The Labute approximate surface area is 211 Å². The lowest BCUT2D eigenvalue weighted by atomic mass is 9.99. The third-order valence-electron chi connectivity index (χ3n) is 7.23. The van der Waals surface area contributed by atoms with Crippen molar-refractivity contribution in [1.82, 2.24) is 10.2 Å². The van der Waals surface area contributed by atoms with Gasteiger partial charge >= 0.3 is 0 Å². The molecule has 3 atom stereocenters. The van der Waals surface area contributed by atoms with Gasteiger partial charge in [-0.1, -0.05) is 17.7 Å². The third kappa shape index (κ3) is 6.08. The van der Waals surface area contributed by atoms with Crippen molar-refractivity contribution in [2.24, 2.45) is 5.92 Å². The SMILES string of the molecule is O=C(N[C@H](CN1CCCC1)[C@H](O)c1ccc(OC2CC2)c(F)c1)C1CCN(c2ccc(Cl)cc2)C1. The number of likely N-dealkylation sites (tertiary alicyclic amines) is 1. The van der Waals surface area contributed by atoms with Crippen molar-refractivity contribution < 1.29 is 19.0 Å². The number of amides is 1. The van der Waals surface area contributed by atoms with Crippen LogP contribution in [0.2, 0.25) is 5.02 Å². The van der Waals surface area contributed by atoms with E-state index in [1.54, 1.807) is 12.1 Å². The molecule has 6 nitrogen and oxygen atoms in total. The molecule has 2 aliphatic heterocycles. The van der Waals surface area contributed by atoms with Crippen molar-refractivity contribution in [3.05, 3.63) is 58.9 Å². The first-order valence-corrected chi connectivity index (χ1v) is 13.0. The van der Waals surface area contributed by atoms with Crippen LogP contribution in [0, 0.1) is 11.7 Å². The van der Waals surface area contributed by atoms with Gasteiger partial charge in [0.15, 0.2) is 11.6 Å². The molecule has 1 unspecified atom stereocenters. The number of rotatable bonds is 9. The summed E-state index contributed by atoms with van der Waals surface area (Å²) in [5, 5.41) is 15.0. The van der Waals surface area contributed by atoms with Crippen molar-refractivity contribution in [3.63, 3.8) is 0 Å². The van der Waals surface area contributed by atoms with Crippen LogP contribution in [0.3, 0.4) is 0 Å². The molecule has 0 radical (unpaired) electrons. The molecule has 3 aliphatic rings. The Hall–Kier alpha value is -2.35. The monoisotopic (exact) mass is 501 g/mol. The van der Waals surface area contributed by atoms with E-state index in [-0.39, 0.29) is 23.7 Å². The molecule has 0 aromatic heterocycles. The fourth-order valence-electron chi connectivity index (χ4n) is 5.02. The van der Waals surface area contributed by atoms with Crippen molar-refractivity contribution in [3.8, 4) is 5.75 Å². The number of hydrogen-bond acceptors (Lipinski definition) is 5. The molecular weight excluding hydrogens is 469 g/mol. The summed E-state index contributed by atoms with van der Waals surface area (Å²) in [5.74, 6) is -0.505. The van der Waals surface area contributed by atoms with Gasteiger partial charge in [-0.15, -0.1) is 0 Å². The fraction of sp³-hybridized carbons (Fsp3) is 0.519. The smallest absolute Gasteiger partial charge is 0.225 e. The van der Waals surface area contributed by atoms with Gasteiger partial charge in [-0.25, -0.2) is 4.39 Å². The molecule has 1 amide bonds. The Bertz CT molecular complexity index is 1030. The molecule has 1 aliphatic carbocycles. The summed E-state index contributed by atoms with van der Waals surface area (Å²) in [4.78, 5) is 17.7. The van der Waals surface area contributed by atoms with Crippen LogP contribution >= 0.6 is 11.6 Å². The van der Waals surface area contributed by atoms with E-state index in [1.165, 1.54) is 6.07 Å². The number of ether oxygens (including phenoxy) is 1. The van der Waals surface area contributed by atoms with Gasteiger partial charge in [0.1, 0.15) is 6.10 Å². The van der Waals surface area contributed by atoms with Crippen LogP contribution in [0.1, 0.15) is 43.8 Å². The van der Waals surface area contributed by atoms with E-state index >= 15 is 0 Å². The Kier molecular flexibility index (Phi) is 7.46. The minimum Gasteiger partial charge on any atom is -0.487 e. The number of halogens is 2. The normalized spacial score (nSPS) is 22.3. The number of nitrogens with zero attached hydrogens (tertiary/aromatic N) is 2. The van der Waals surface area contributed by atoms with Crippen LogP contribution in [-0.4, -0.2) is 60.8 Å². The first-order chi connectivity index (χ1) is 17.0. The minimum absolute atomic E-state index is 0.0705. The highest BCUT2D eigenvalue weighted by Gasteiger charge is 2.33. The van der Waals surface area contributed by atoms with Crippen LogP contribution in [0.5, 0.6) is 5.75 Å². The number of nitrogens with one attached hydrogen (secondary N) is 1. The predicted octanol–water partition coefficient (Wildman–Crippen LogP) is 4.16. The Balaban J connectivity index is 1.26. The van der Waals surface area contributed by atoms with Gasteiger partial charge < -0.3 is 25.0 Å². The largest absolute Gasteiger partial charge is 0.487 e. The van der Waals surface area contributed by atoms with Gasteiger partial charge in [-0.2, -0.15) is 0 Å². The number of aliphatic hydroxyl groups is 1. The average molecular weight is 502 g/mol. The standard InChI is InChI=1S/C27H33ClFN3O3/c28-20-4-6-21(7-5-20)32-14-11-19(16-32)27(34)30-24(17-31-12-1-2-13-31)26(33)18-3-10-25(23(29)15-18)35-22-8-9-22/h3-7,10,15,19,22,24,26,33H,1-2,8-9,11-14,16-17H2,(H,30,34)/t19?,24-,26-/m1/s1. The molecule has 188 valence electrons. The van der Waals surface area contributed by atoms with Gasteiger partial charge in [-0.05, 0) is 87.2 Å². The van der Waals surface area contributed by atoms with E-state index in [4.69, 9.17) is 16.3 Å². The number of aliphatic hydroxyl groups excluding tert-OH is 1. The Morgan fingerprint density at radius 1 is 1.11 bits per heavy atom. The quantitative estimate of drug-likeness (QED) is 0.540. The maximum Gasteiger partial charge on any atom is 0.225 e. The van der Waals surface area contributed by atoms with Crippen LogP contribution in [-0.2, 0) is 4.79 Å². The summed E-state index contributed by atoms with van der Waals surface area (Å²) >= 11 is 6.01. The van der Waals surface area contributed by atoms with E-state index in [9.17, 15) is 14.3 Å². The van der Waals surface area contributed by atoms with Crippen molar-refractivity contribution in [2.75, 3.05) is 37.6 Å².